The molecule has 0 N–H and O–H groups in total. The molecule has 2 rings (SSSR count). The van der Waals surface area contributed by atoms with Crippen LogP contribution in [0.5, 0.6) is 0 Å². The maximum Gasteiger partial charge on any atom is 0.512 e. The fraction of sp³-hybridized carbons (Fsp3) is 0.692. The lowest BCUT2D eigenvalue weighted by atomic mass is 9.84. The number of ether oxygens (including phenoxy) is 1. The Hall–Kier alpha value is -0.775. The minimum Gasteiger partial charge on any atom is -0.398 e. The van der Waals surface area contributed by atoms with Crippen molar-refractivity contribution in [2.24, 2.45) is 0 Å². The molecule has 1 fully saturated rings. The first-order valence-corrected chi connectivity index (χ1v) is 6.37. The molecule has 0 unspecified atom stereocenters. The Kier molecular flexibility index (Phi) is 3.58. The van der Waals surface area contributed by atoms with E-state index in [2.05, 4.69) is 32.3 Å². The van der Waals surface area contributed by atoms with Crippen molar-refractivity contribution < 1.29 is 14.0 Å². The van der Waals surface area contributed by atoms with Crippen molar-refractivity contribution in [1.82, 2.24) is 4.57 Å². The van der Waals surface area contributed by atoms with E-state index in [1.807, 2.05) is 18.3 Å². The summed E-state index contributed by atoms with van der Waals surface area (Å²) in [5.41, 5.74) is 0.452. The molecule has 0 spiro atoms. The van der Waals surface area contributed by atoms with E-state index < -0.39 is 0 Å². The molecule has 0 atom stereocenters. The Bertz CT molecular complexity index is 398. The van der Waals surface area contributed by atoms with Crippen molar-refractivity contribution in [3.8, 4) is 0 Å². The molecule has 5 heteroatoms. The third-order valence-electron chi connectivity index (χ3n) is 3.90. The topological polar surface area (TPSA) is 32.6 Å². The molecule has 0 aliphatic carbocycles. The summed E-state index contributed by atoms with van der Waals surface area (Å²) in [7, 11) is 1.40. The van der Waals surface area contributed by atoms with E-state index in [0.717, 1.165) is 12.1 Å². The van der Waals surface area contributed by atoms with Crippen molar-refractivity contribution in [1.29, 1.82) is 0 Å². The Morgan fingerprint density at radius 1 is 1.22 bits per heavy atom. The summed E-state index contributed by atoms with van der Waals surface area (Å²) in [4.78, 5) is 0. The Labute approximate surface area is 109 Å². The molecule has 2 heterocycles. The largest absolute Gasteiger partial charge is 0.512 e. The average molecular weight is 251 g/mol. The molecule has 1 aromatic rings. The second kappa shape index (κ2) is 4.72. The van der Waals surface area contributed by atoms with E-state index in [9.17, 15) is 0 Å². The summed E-state index contributed by atoms with van der Waals surface area (Å²) >= 11 is 0. The number of aromatic nitrogens is 1. The van der Waals surface area contributed by atoms with Gasteiger partial charge in [0, 0.05) is 25.4 Å². The van der Waals surface area contributed by atoms with Gasteiger partial charge in [0.25, 0.3) is 0 Å². The van der Waals surface area contributed by atoms with Gasteiger partial charge in [-0.05, 0) is 39.8 Å². The van der Waals surface area contributed by atoms with E-state index in [1.54, 1.807) is 7.11 Å². The summed E-state index contributed by atoms with van der Waals surface area (Å²) in [5, 5.41) is 0. The van der Waals surface area contributed by atoms with Gasteiger partial charge >= 0.3 is 7.12 Å². The van der Waals surface area contributed by atoms with Gasteiger partial charge in [0.15, 0.2) is 0 Å². The van der Waals surface area contributed by atoms with Crippen molar-refractivity contribution in [2.75, 3.05) is 13.7 Å². The standard InChI is InChI=1S/C13H22BNO3/c1-12(2)13(3,4)18-14(17-12)11-7-6-8-15(11)9-10-16-5/h6-8H,9-10H2,1-5H3. The van der Waals surface area contributed by atoms with Crippen LogP contribution in [0.2, 0.25) is 0 Å². The highest BCUT2D eigenvalue weighted by Crippen LogP contribution is 2.36. The van der Waals surface area contributed by atoms with Gasteiger partial charge in [-0.1, -0.05) is 0 Å². The first-order valence-electron chi connectivity index (χ1n) is 6.37. The number of methoxy groups -OCH3 is 1. The molecule has 1 aliphatic rings. The van der Waals surface area contributed by atoms with Crippen LogP contribution in [0, 0.1) is 0 Å². The number of rotatable bonds is 4. The van der Waals surface area contributed by atoms with Crippen molar-refractivity contribution in [2.45, 2.75) is 45.4 Å². The highest BCUT2D eigenvalue weighted by molar-refractivity contribution is 6.61. The molecule has 1 saturated heterocycles. The van der Waals surface area contributed by atoms with Gasteiger partial charge in [-0.15, -0.1) is 0 Å². The third kappa shape index (κ3) is 2.35. The molecule has 18 heavy (non-hydrogen) atoms. The first kappa shape index (κ1) is 13.7. The van der Waals surface area contributed by atoms with Crippen molar-refractivity contribution >= 4 is 12.7 Å². The molecule has 0 radical (unpaired) electrons. The Morgan fingerprint density at radius 2 is 1.83 bits per heavy atom. The number of hydrogen-bond acceptors (Lipinski definition) is 3. The lowest BCUT2D eigenvalue weighted by Gasteiger charge is -2.32. The zero-order chi connectivity index (χ0) is 13.4. The van der Waals surface area contributed by atoms with Gasteiger partial charge in [0.1, 0.15) is 0 Å². The molecule has 100 valence electrons. The van der Waals surface area contributed by atoms with E-state index >= 15 is 0 Å². The summed E-state index contributed by atoms with van der Waals surface area (Å²) in [5.74, 6) is 0. The molecular weight excluding hydrogens is 229 g/mol. The predicted molar refractivity (Wildman–Crippen MR) is 72.0 cm³/mol. The van der Waals surface area contributed by atoms with Gasteiger partial charge in [-0.3, -0.25) is 0 Å². The summed E-state index contributed by atoms with van der Waals surface area (Å²) < 4.78 is 19.3. The van der Waals surface area contributed by atoms with Gasteiger partial charge in [0.05, 0.1) is 17.8 Å². The second-order valence-electron chi connectivity index (χ2n) is 5.71. The quantitative estimate of drug-likeness (QED) is 0.759. The van der Waals surface area contributed by atoms with Crippen LogP contribution in [0.25, 0.3) is 0 Å². The maximum absolute atomic E-state index is 6.05. The zero-order valence-electron chi connectivity index (χ0n) is 11.9. The smallest absolute Gasteiger partial charge is 0.398 e. The minimum absolute atomic E-state index is 0.298. The monoisotopic (exact) mass is 251 g/mol. The van der Waals surface area contributed by atoms with Crippen LogP contribution in [0.1, 0.15) is 27.7 Å². The van der Waals surface area contributed by atoms with Crippen LogP contribution in [-0.2, 0) is 20.6 Å². The fourth-order valence-corrected chi connectivity index (χ4v) is 2.00. The van der Waals surface area contributed by atoms with E-state index in [-0.39, 0.29) is 18.3 Å². The highest BCUT2D eigenvalue weighted by atomic mass is 16.7. The molecule has 1 aliphatic heterocycles. The molecule has 4 nitrogen and oxygen atoms in total. The lowest BCUT2D eigenvalue weighted by Crippen LogP contribution is -2.41. The van der Waals surface area contributed by atoms with E-state index in [4.69, 9.17) is 14.0 Å². The van der Waals surface area contributed by atoms with Crippen molar-refractivity contribution in [3.05, 3.63) is 18.3 Å². The predicted octanol–water partition coefficient (Wildman–Crippen LogP) is 1.43. The second-order valence-corrected chi connectivity index (χ2v) is 5.71. The van der Waals surface area contributed by atoms with Crippen LogP contribution >= 0.6 is 0 Å². The molecule has 0 saturated carbocycles. The van der Waals surface area contributed by atoms with Crippen LogP contribution < -0.4 is 5.59 Å². The van der Waals surface area contributed by atoms with E-state index in [0.29, 0.717) is 6.61 Å². The summed E-state index contributed by atoms with van der Waals surface area (Å²) in [6.07, 6.45) is 2.03. The van der Waals surface area contributed by atoms with Gasteiger partial charge in [0.2, 0.25) is 0 Å². The SMILES string of the molecule is COCCn1cccc1B1OC(C)(C)C(C)(C)O1. The van der Waals surface area contributed by atoms with Crippen LogP contribution in [0.4, 0.5) is 0 Å². The molecule has 0 amide bonds. The van der Waals surface area contributed by atoms with Gasteiger partial charge in [-0.25, -0.2) is 0 Å². The normalized spacial score (nSPS) is 21.5. The first-order chi connectivity index (χ1) is 8.37. The Balaban J connectivity index is 2.17. The van der Waals surface area contributed by atoms with Gasteiger partial charge in [-0.2, -0.15) is 0 Å². The third-order valence-corrected chi connectivity index (χ3v) is 3.90. The number of nitrogens with zero attached hydrogens (tertiary/aromatic N) is 1. The summed E-state index contributed by atoms with van der Waals surface area (Å²) in [6, 6.07) is 4.05. The maximum atomic E-state index is 6.05. The molecule has 0 bridgehead atoms. The van der Waals surface area contributed by atoms with Crippen LogP contribution in [0.15, 0.2) is 18.3 Å². The van der Waals surface area contributed by atoms with E-state index in [1.165, 1.54) is 0 Å². The fourth-order valence-electron chi connectivity index (χ4n) is 2.00. The molecular formula is C13H22BNO3. The molecule has 1 aromatic heterocycles. The number of hydrogen-bond donors (Lipinski definition) is 0. The lowest BCUT2D eigenvalue weighted by molar-refractivity contribution is 0.00578. The van der Waals surface area contributed by atoms with Gasteiger partial charge < -0.3 is 18.6 Å². The van der Waals surface area contributed by atoms with Crippen LogP contribution in [-0.4, -0.2) is 36.6 Å². The van der Waals surface area contributed by atoms with Crippen LogP contribution in [0.3, 0.4) is 0 Å². The minimum atomic E-state index is -0.304. The zero-order valence-corrected chi connectivity index (χ0v) is 11.9. The van der Waals surface area contributed by atoms with Crippen molar-refractivity contribution in [3.63, 3.8) is 0 Å². The Morgan fingerprint density at radius 3 is 2.39 bits per heavy atom. The summed E-state index contributed by atoms with van der Waals surface area (Å²) in [6.45, 7) is 9.75. The highest BCUT2D eigenvalue weighted by Gasteiger charge is 2.52. The average Bonchev–Trinajstić information content (AvgIpc) is 2.79. The molecule has 0 aromatic carbocycles.